The lowest BCUT2D eigenvalue weighted by Gasteiger charge is -2.10. The third-order valence-electron chi connectivity index (χ3n) is 2.63. The van der Waals surface area contributed by atoms with Gasteiger partial charge in [-0.3, -0.25) is 0 Å². The highest BCUT2D eigenvalue weighted by molar-refractivity contribution is 14.0. The topological polar surface area (TPSA) is 70.6 Å². The van der Waals surface area contributed by atoms with Crippen molar-refractivity contribution in [3.05, 3.63) is 35.4 Å². The molecule has 0 spiro atoms. The minimum absolute atomic E-state index is 0. The molecular weight excluding hydrogens is 401 g/mol. The number of rotatable bonds is 6. The van der Waals surface area contributed by atoms with Crippen LogP contribution in [-0.4, -0.2) is 33.7 Å². The summed E-state index contributed by atoms with van der Waals surface area (Å²) in [5.41, 5.74) is 1.75. The highest BCUT2D eigenvalue weighted by Gasteiger charge is 2.08. The van der Waals surface area contributed by atoms with Gasteiger partial charge in [0.1, 0.15) is 0 Å². The molecule has 0 heterocycles. The number of guanidine groups is 1. The average Bonchev–Trinajstić information content (AvgIpc) is 2.36. The van der Waals surface area contributed by atoms with Crippen molar-refractivity contribution < 1.29 is 8.42 Å². The SMILES string of the molecule is CCNC(=NCc1ccccc1CS(C)(=O)=O)NCC.I. The summed E-state index contributed by atoms with van der Waals surface area (Å²) >= 11 is 0. The van der Waals surface area contributed by atoms with Gasteiger partial charge in [-0.05, 0) is 25.0 Å². The van der Waals surface area contributed by atoms with E-state index in [0.717, 1.165) is 30.2 Å². The molecule has 0 aliphatic rings. The minimum atomic E-state index is -3.04. The molecule has 0 amide bonds. The first kappa shape index (κ1) is 20.2. The number of halogens is 1. The molecule has 0 aromatic heterocycles. The van der Waals surface area contributed by atoms with E-state index in [1.54, 1.807) is 0 Å². The fraction of sp³-hybridized carbons (Fsp3) is 0.500. The highest BCUT2D eigenvalue weighted by Crippen LogP contribution is 2.13. The van der Waals surface area contributed by atoms with Gasteiger partial charge in [0.2, 0.25) is 0 Å². The van der Waals surface area contributed by atoms with E-state index in [4.69, 9.17) is 0 Å². The molecule has 0 aliphatic carbocycles. The first-order chi connectivity index (χ1) is 9.46. The molecule has 0 saturated heterocycles. The fourth-order valence-corrected chi connectivity index (χ4v) is 2.66. The summed E-state index contributed by atoms with van der Waals surface area (Å²) in [5, 5.41) is 6.28. The first-order valence-electron chi connectivity index (χ1n) is 6.73. The Hall–Kier alpha value is -0.830. The van der Waals surface area contributed by atoms with Crippen molar-refractivity contribution in [1.29, 1.82) is 0 Å². The highest BCUT2D eigenvalue weighted by atomic mass is 127. The maximum absolute atomic E-state index is 11.4. The number of benzene rings is 1. The fourth-order valence-electron chi connectivity index (χ4n) is 1.81. The van der Waals surface area contributed by atoms with E-state index >= 15 is 0 Å². The zero-order valence-corrected chi connectivity index (χ0v) is 15.9. The number of nitrogens with one attached hydrogen (secondary N) is 2. The Balaban J connectivity index is 0.00000400. The summed E-state index contributed by atoms with van der Waals surface area (Å²) in [4.78, 5) is 4.46. The summed E-state index contributed by atoms with van der Waals surface area (Å²) in [6, 6.07) is 7.51. The number of sulfone groups is 1. The van der Waals surface area contributed by atoms with Gasteiger partial charge in [0, 0.05) is 19.3 Å². The maximum atomic E-state index is 11.4. The largest absolute Gasteiger partial charge is 0.357 e. The van der Waals surface area contributed by atoms with Crippen LogP contribution in [0.5, 0.6) is 0 Å². The molecule has 0 radical (unpaired) electrons. The molecule has 0 unspecified atom stereocenters. The number of hydrogen-bond acceptors (Lipinski definition) is 3. The molecule has 1 aromatic carbocycles. The molecule has 21 heavy (non-hydrogen) atoms. The summed E-state index contributed by atoms with van der Waals surface area (Å²) in [6.45, 7) is 6.05. The zero-order chi connectivity index (χ0) is 15.0. The Labute approximate surface area is 144 Å². The van der Waals surface area contributed by atoms with E-state index < -0.39 is 9.84 Å². The van der Waals surface area contributed by atoms with E-state index in [-0.39, 0.29) is 29.7 Å². The summed E-state index contributed by atoms with van der Waals surface area (Å²) in [6.07, 6.45) is 1.25. The quantitative estimate of drug-likeness (QED) is 0.415. The summed E-state index contributed by atoms with van der Waals surface area (Å²) in [5.74, 6) is 0.792. The molecule has 1 aromatic rings. The van der Waals surface area contributed by atoms with Gasteiger partial charge in [-0.25, -0.2) is 13.4 Å². The van der Waals surface area contributed by atoms with Gasteiger partial charge >= 0.3 is 0 Å². The van der Waals surface area contributed by atoms with Gasteiger partial charge in [0.05, 0.1) is 12.3 Å². The minimum Gasteiger partial charge on any atom is -0.357 e. The average molecular weight is 425 g/mol. The zero-order valence-electron chi connectivity index (χ0n) is 12.7. The molecule has 0 saturated carbocycles. The first-order valence-corrected chi connectivity index (χ1v) is 8.79. The predicted molar refractivity (Wildman–Crippen MR) is 98.9 cm³/mol. The van der Waals surface area contributed by atoms with E-state index in [9.17, 15) is 8.42 Å². The van der Waals surface area contributed by atoms with Crippen molar-refractivity contribution in [2.45, 2.75) is 26.1 Å². The second kappa shape index (κ2) is 9.99. The van der Waals surface area contributed by atoms with Gasteiger partial charge in [0.15, 0.2) is 15.8 Å². The number of nitrogens with zero attached hydrogens (tertiary/aromatic N) is 1. The second-order valence-electron chi connectivity index (χ2n) is 4.56. The second-order valence-corrected chi connectivity index (χ2v) is 6.70. The molecule has 0 aliphatic heterocycles. The summed E-state index contributed by atoms with van der Waals surface area (Å²) in [7, 11) is -3.04. The molecule has 7 heteroatoms. The smallest absolute Gasteiger partial charge is 0.191 e. The Morgan fingerprint density at radius 3 is 2.10 bits per heavy atom. The molecule has 120 valence electrons. The van der Waals surface area contributed by atoms with Gasteiger partial charge in [-0.1, -0.05) is 24.3 Å². The summed E-state index contributed by atoms with van der Waals surface area (Å²) < 4.78 is 22.9. The number of hydrogen-bond donors (Lipinski definition) is 2. The van der Waals surface area contributed by atoms with Crippen LogP contribution in [0.3, 0.4) is 0 Å². The lowest BCUT2D eigenvalue weighted by atomic mass is 10.1. The predicted octanol–water partition coefficient (Wildman–Crippen LogP) is 1.92. The Morgan fingerprint density at radius 2 is 1.62 bits per heavy atom. The monoisotopic (exact) mass is 425 g/mol. The van der Waals surface area contributed by atoms with Crippen LogP contribution in [0.25, 0.3) is 0 Å². The van der Waals surface area contributed by atoms with Crippen LogP contribution >= 0.6 is 24.0 Å². The van der Waals surface area contributed by atoms with E-state index in [2.05, 4.69) is 15.6 Å². The molecule has 1 rings (SSSR count). The van der Waals surface area contributed by atoms with Crippen molar-refractivity contribution in [1.82, 2.24) is 10.6 Å². The lowest BCUT2D eigenvalue weighted by Crippen LogP contribution is -2.37. The van der Waals surface area contributed by atoms with Crippen LogP contribution < -0.4 is 10.6 Å². The maximum Gasteiger partial charge on any atom is 0.191 e. The third kappa shape index (κ3) is 8.25. The van der Waals surface area contributed by atoms with Crippen molar-refractivity contribution in [3.63, 3.8) is 0 Å². The van der Waals surface area contributed by atoms with Gasteiger partial charge in [-0.2, -0.15) is 0 Å². The van der Waals surface area contributed by atoms with Crippen molar-refractivity contribution in [3.8, 4) is 0 Å². The number of aliphatic imine (C=N–C) groups is 1. The van der Waals surface area contributed by atoms with Gasteiger partial charge < -0.3 is 10.6 Å². The Bertz CT molecular complexity index is 551. The van der Waals surface area contributed by atoms with E-state index in [1.807, 2.05) is 38.1 Å². The van der Waals surface area contributed by atoms with Crippen molar-refractivity contribution in [2.24, 2.45) is 4.99 Å². The van der Waals surface area contributed by atoms with Gasteiger partial charge in [0.25, 0.3) is 0 Å². The molecule has 5 nitrogen and oxygen atoms in total. The molecular formula is C14H24IN3O2S. The molecule has 2 N–H and O–H groups in total. The van der Waals surface area contributed by atoms with Crippen LogP contribution in [0.1, 0.15) is 25.0 Å². The van der Waals surface area contributed by atoms with Crippen LogP contribution in [0.4, 0.5) is 0 Å². The van der Waals surface area contributed by atoms with Crippen LogP contribution in [0.2, 0.25) is 0 Å². The molecule has 0 fully saturated rings. The van der Waals surface area contributed by atoms with Crippen molar-refractivity contribution >= 4 is 39.8 Å². The standard InChI is InChI=1S/C14H23N3O2S.HI/c1-4-15-14(16-5-2)17-10-12-8-6-7-9-13(12)11-20(3,18)19;/h6-9H,4-5,10-11H2,1-3H3,(H2,15,16,17);1H. The normalized spacial score (nSPS) is 10.4. The van der Waals surface area contributed by atoms with Crippen LogP contribution in [0.15, 0.2) is 29.3 Å². The Kier molecular flexibility index (Phi) is 9.60. The van der Waals surface area contributed by atoms with E-state index in [1.165, 1.54) is 6.26 Å². The van der Waals surface area contributed by atoms with Crippen LogP contribution in [-0.2, 0) is 22.1 Å². The molecule has 0 atom stereocenters. The lowest BCUT2D eigenvalue weighted by molar-refractivity contribution is 0.601. The van der Waals surface area contributed by atoms with E-state index in [0.29, 0.717) is 6.54 Å². The van der Waals surface area contributed by atoms with Crippen molar-refractivity contribution in [2.75, 3.05) is 19.3 Å². The van der Waals surface area contributed by atoms with Gasteiger partial charge in [-0.15, -0.1) is 24.0 Å². The molecule has 0 bridgehead atoms. The third-order valence-corrected chi connectivity index (χ3v) is 3.47. The Morgan fingerprint density at radius 1 is 1.10 bits per heavy atom. The van der Waals surface area contributed by atoms with Crippen LogP contribution in [0, 0.1) is 0 Å².